The van der Waals surface area contributed by atoms with Gasteiger partial charge in [-0.15, -0.1) is 0 Å². The third-order valence-corrected chi connectivity index (χ3v) is 5.91. The van der Waals surface area contributed by atoms with Crippen molar-refractivity contribution in [3.8, 4) is 0 Å². The van der Waals surface area contributed by atoms with Gasteiger partial charge in [0, 0.05) is 26.2 Å². The molecule has 2 saturated heterocycles. The molecule has 2 aliphatic rings. The second-order valence-electron chi connectivity index (χ2n) is 5.05. The van der Waals surface area contributed by atoms with E-state index in [1.165, 1.54) is 0 Å². The lowest BCUT2D eigenvalue weighted by Crippen LogP contribution is -2.49. The molecule has 2 rings (SSSR count). The lowest BCUT2D eigenvalue weighted by atomic mass is 9.99. The molecule has 0 aromatic carbocycles. The molecule has 6 heteroatoms. The van der Waals surface area contributed by atoms with Gasteiger partial charge in [0.2, 0.25) is 0 Å². The number of rotatable bonds is 3. The first kappa shape index (κ1) is 13.3. The summed E-state index contributed by atoms with van der Waals surface area (Å²) in [6, 6.07) is 0. The molecule has 0 saturated carbocycles. The molecule has 0 aliphatic carbocycles. The van der Waals surface area contributed by atoms with Gasteiger partial charge in [-0.3, -0.25) is 0 Å². The summed E-state index contributed by atoms with van der Waals surface area (Å²) in [4.78, 5) is 0. The summed E-state index contributed by atoms with van der Waals surface area (Å²) in [7, 11) is -3.19. The van der Waals surface area contributed by atoms with E-state index < -0.39 is 10.2 Å². The van der Waals surface area contributed by atoms with Crippen molar-refractivity contribution in [1.29, 1.82) is 0 Å². The molecular formula is C11H23N3O2S. The third kappa shape index (κ3) is 2.99. The maximum Gasteiger partial charge on any atom is 0.281 e. The molecule has 0 radical (unpaired) electrons. The lowest BCUT2D eigenvalue weighted by Gasteiger charge is -2.35. The second-order valence-corrected chi connectivity index (χ2v) is 6.97. The Hall–Kier alpha value is -0.170. The van der Waals surface area contributed by atoms with E-state index in [1.54, 1.807) is 8.61 Å². The maximum atomic E-state index is 12.4. The molecule has 0 aromatic heterocycles. The van der Waals surface area contributed by atoms with Crippen LogP contribution in [0.3, 0.4) is 0 Å². The van der Waals surface area contributed by atoms with Gasteiger partial charge in [-0.1, -0.05) is 6.42 Å². The molecule has 0 atom stereocenters. The topological polar surface area (TPSA) is 66.6 Å². The van der Waals surface area contributed by atoms with Crippen LogP contribution in [-0.4, -0.2) is 49.8 Å². The van der Waals surface area contributed by atoms with Gasteiger partial charge in [0.05, 0.1) is 0 Å². The number of nitrogens with zero attached hydrogens (tertiary/aromatic N) is 2. The minimum absolute atomic E-state index is 0.503. The van der Waals surface area contributed by atoms with Crippen LogP contribution in [0.15, 0.2) is 0 Å². The highest BCUT2D eigenvalue weighted by Crippen LogP contribution is 2.22. The minimum atomic E-state index is -3.19. The molecule has 2 N–H and O–H groups in total. The molecule has 0 aromatic rings. The number of nitrogens with two attached hydrogens (primary N) is 1. The van der Waals surface area contributed by atoms with Gasteiger partial charge in [0.25, 0.3) is 10.2 Å². The quantitative estimate of drug-likeness (QED) is 0.799. The van der Waals surface area contributed by atoms with Gasteiger partial charge in [-0.05, 0) is 38.1 Å². The lowest BCUT2D eigenvalue weighted by molar-refractivity contribution is 0.248. The maximum absolute atomic E-state index is 12.4. The standard InChI is InChI=1S/C11H23N3O2S/c12-10-11-4-8-14(9-5-11)17(15,16)13-6-2-1-3-7-13/h11H,1-10,12H2. The number of hydrogen-bond donors (Lipinski definition) is 1. The Morgan fingerprint density at radius 2 is 1.47 bits per heavy atom. The normalized spacial score (nSPS) is 26.2. The van der Waals surface area contributed by atoms with E-state index in [9.17, 15) is 8.42 Å². The van der Waals surface area contributed by atoms with Gasteiger partial charge >= 0.3 is 0 Å². The highest BCUT2D eigenvalue weighted by molar-refractivity contribution is 7.86. The van der Waals surface area contributed by atoms with Crippen LogP contribution in [0.5, 0.6) is 0 Å². The van der Waals surface area contributed by atoms with Gasteiger partial charge in [0.1, 0.15) is 0 Å². The Balaban J connectivity index is 1.96. The molecule has 0 spiro atoms. The first-order chi connectivity index (χ1) is 8.14. The molecular weight excluding hydrogens is 238 g/mol. The van der Waals surface area contributed by atoms with Crippen molar-refractivity contribution in [3.63, 3.8) is 0 Å². The molecule has 100 valence electrons. The van der Waals surface area contributed by atoms with Crippen LogP contribution in [0.25, 0.3) is 0 Å². The fourth-order valence-electron chi connectivity index (χ4n) is 2.63. The van der Waals surface area contributed by atoms with Crippen molar-refractivity contribution >= 4 is 10.2 Å². The van der Waals surface area contributed by atoms with Gasteiger partial charge < -0.3 is 5.73 Å². The molecule has 17 heavy (non-hydrogen) atoms. The zero-order valence-electron chi connectivity index (χ0n) is 10.3. The van der Waals surface area contributed by atoms with Crippen molar-refractivity contribution in [2.45, 2.75) is 32.1 Å². The Morgan fingerprint density at radius 1 is 0.941 bits per heavy atom. The van der Waals surface area contributed by atoms with Crippen molar-refractivity contribution in [3.05, 3.63) is 0 Å². The van der Waals surface area contributed by atoms with Crippen molar-refractivity contribution in [1.82, 2.24) is 8.61 Å². The Morgan fingerprint density at radius 3 is 2.00 bits per heavy atom. The van der Waals surface area contributed by atoms with Gasteiger partial charge in [-0.25, -0.2) is 0 Å². The van der Waals surface area contributed by atoms with Crippen LogP contribution >= 0.6 is 0 Å². The zero-order chi connectivity index (χ0) is 12.3. The summed E-state index contributed by atoms with van der Waals surface area (Å²) in [6.07, 6.45) is 4.96. The number of piperidine rings is 2. The monoisotopic (exact) mass is 261 g/mol. The molecule has 0 amide bonds. The molecule has 5 nitrogen and oxygen atoms in total. The highest BCUT2D eigenvalue weighted by Gasteiger charge is 2.32. The first-order valence-electron chi connectivity index (χ1n) is 6.60. The van der Waals surface area contributed by atoms with Crippen LogP contribution in [0.2, 0.25) is 0 Å². The fourth-order valence-corrected chi connectivity index (χ4v) is 4.35. The van der Waals surface area contributed by atoms with Crippen molar-refractivity contribution in [2.75, 3.05) is 32.7 Å². The Bertz CT molecular complexity index is 331. The fraction of sp³-hybridized carbons (Fsp3) is 1.00. The summed E-state index contributed by atoms with van der Waals surface area (Å²) < 4.78 is 28.0. The van der Waals surface area contributed by atoms with E-state index in [0.717, 1.165) is 32.1 Å². The molecule has 0 bridgehead atoms. The third-order valence-electron chi connectivity index (χ3n) is 3.87. The molecule has 0 unspecified atom stereocenters. The molecule has 2 fully saturated rings. The Labute approximate surface area is 104 Å². The van der Waals surface area contributed by atoms with E-state index in [1.807, 2.05) is 0 Å². The van der Waals surface area contributed by atoms with E-state index in [-0.39, 0.29) is 0 Å². The van der Waals surface area contributed by atoms with Gasteiger partial charge in [0.15, 0.2) is 0 Å². The smallest absolute Gasteiger partial charge is 0.281 e. The van der Waals surface area contributed by atoms with Crippen LogP contribution < -0.4 is 5.73 Å². The summed E-state index contributed by atoms with van der Waals surface area (Å²) >= 11 is 0. The van der Waals surface area contributed by atoms with Crippen LogP contribution in [0.4, 0.5) is 0 Å². The second kappa shape index (κ2) is 5.65. The molecule has 2 aliphatic heterocycles. The summed E-state index contributed by atoms with van der Waals surface area (Å²) in [5.74, 6) is 0.503. The van der Waals surface area contributed by atoms with Crippen LogP contribution in [0, 0.1) is 5.92 Å². The minimum Gasteiger partial charge on any atom is -0.330 e. The van der Waals surface area contributed by atoms with Crippen molar-refractivity contribution in [2.24, 2.45) is 11.7 Å². The SMILES string of the molecule is NCC1CCN(S(=O)(=O)N2CCCCC2)CC1. The van der Waals surface area contributed by atoms with Crippen molar-refractivity contribution < 1.29 is 8.42 Å². The van der Waals surface area contributed by atoms with E-state index in [0.29, 0.717) is 38.6 Å². The predicted octanol–water partition coefficient (Wildman–Crippen LogP) is 0.388. The zero-order valence-corrected chi connectivity index (χ0v) is 11.2. The summed E-state index contributed by atoms with van der Waals surface area (Å²) in [5, 5.41) is 0. The highest BCUT2D eigenvalue weighted by atomic mass is 32.2. The van der Waals surface area contributed by atoms with Crippen LogP contribution in [-0.2, 0) is 10.2 Å². The average Bonchev–Trinajstić information content (AvgIpc) is 2.40. The van der Waals surface area contributed by atoms with E-state index in [2.05, 4.69) is 0 Å². The summed E-state index contributed by atoms with van der Waals surface area (Å²) in [6.45, 7) is 3.34. The first-order valence-corrected chi connectivity index (χ1v) is 7.99. The molecule has 2 heterocycles. The summed E-state index contributed by atoms with van der Waals surface area (Å²) in [5.41, 5.74) is 5.62. The van der Waals surface area contributed by atoms with E-state index >= 15 is 0 Å². The Kier molecular flexibility index (Phi) is 4.41. The average molecular weight is 261 g/mol. The van der Waals surface area contributed by atoms with E-state index in [4.69, 9.17) is 5.73 Å². The van der Waals surface area contributed by atoms with Gasteiger partial charge in [-0.2, -0.15) is 17.0 Å². The number of hydrogen-bond acceptors (Lipinski definition) is 3. The predicted molar refractivity (Wildman–Crippen MR) is 67.7 cm³/mol. The van der Waals surface area contributed by atoms with Crippen LogP contribution in [0.1, 0.15) is 32.1 Å². The largest absolute Gasteiger partial charge is 0.330 e.